The predicted molar refractivity (Wildman–Crippen MR) is 319 cm³/mol. The average Bonchev–Trinajstić information content (AvgIpc) is 3.39. The van der Waals surface area contributed by atoms with E-state index in [-0.39, 0.29) is 18.5 Å². The third-order valence-corrected chi connectivity index (χ3v) is 14.8. The van der Waals surface area contributed by atoms with Crippen molar-refractivity contribution in [3.8, 4) is 0 Å². The maximum atomic E-state index is 12.4. The Hall–Kier alpha value is -2.18. The first-order chi connectivity index (χ1) is 36.0. The second-order valence-electron chi connectivity index (χ2n) is 22.1. The van der Waals surface area contributed by atoms with Gasteiger partial charge in [-0.3, -0.25) is 9.59 Å². The highest BCUT2D eigenvalue weighted by atomic mass is 16.5. The highest BCUT2D eigenvalue weighted by Gasteiger charge is 2.18. The van der Waals surface area contributed by atoms with Crippen LogP contribution in [0.4, 0.5) is 0 Å². The molecule has 1 amide bonds. The molecule has 0 saturated heterocycles. The summed E-state index contributed by atoms with van der Waals surface area (Å²) in [7, 11) is 0. The lowest BCUT2D eigenvalue weighted by Gasteiger charge is -2.20. The van der Waals surface area contributed by atoms with Gasteiger partial charge in [0.25, 0.3) is 0 Å². The molecular formula is C67H125NO5. The Morgan fingerprint density at radius 3 is 1.07 bits per heavy atom. The summed E-state index contributed by atoms with van der Waals surface area (Å²) >= 11 is 0. The Labute approximate surface area is 455 Å². The number of nitrogens with one attached hydrogen (secondary N) is 1. The quantitative estimate of drug-likeness (QED) is 0.0320. The molecule has 0 aromatic heterocycles. The molecule has 73 heavy (non-hydrogen) atoms. The second-order valence-corrected chi connectivity index (χ2v) is 22.1. The van der Waals surface area contributed by atoms with Crippen LogP contribution in [-0.2, 0) is 14.3 Å². The van der Waals surface area contributed by atoms with E-state index in [1.54, 1.807) is 6.08 Å². The number of carbonyl (C=O) groups excluding carboxylic acids is 2. The van der Waals surface area contributed by atoms with Crippen molar-refractivity contribution in [2.24, 2.45) is 0 Å². The van der Waals surface area contributed by atoms with Crippen LogP contribution in [0, 0.1) is 0 Å². The molecule has 0 heterocycles. The second kappa shape index (κ2) is 62.4. The van der Waals surface area contributed by atoms with Gasteiger partial charge >= 0.3 is 5.97 Å². The number of carbonyl (C=O) groups is 2. The van der Waals surface area contributed by atoms with Crippen molar-refractivity contribution in [3.05, 3.63) is 48.6 Å². The molecule has 0 aromatic rings. The molecule has 428 valence electrons. The summed E-state index contributed by atoms with van der Waals surface area (Å²) in [6, 6.07) is -0.627. The summed E-state index contributed by atoms with van der Waals surface area (Å²) in [5, 5.41) is 23.1. The summed E-state index contributed by atoms with van der Waals surface area (Å²) in [6.45, 7) is 4.88. The smallest absolute Gasteiger partial charge is 0.305 e. The minimum Gasteiger partial charge on any atom is -0.466 e. The maximum absolute atomic E-state index is 12.4. The van der Waals surface area contributed by atoms with Crippen LogP contribution in [0.25, 0.3) is 0 Å². The maximum Gasteiger partial charge on any atom is 0.305 e. The van der Waals surface area contributed by atoms with E-state index in [4.69, 9.17) is 4.74 Å². The van der Waals surface area contributed by atoms with Gasteiger partial charge in [0.05, 0.1) is 25.4 Å². The lowest BCUT2D eigenvalue weighted by molar-refractivity contribution is -0.143. The molecule has 2 unspecified atom stereocenters. The number of unbranched alkanes of at least 4 members (excludes halogenated alkanes) is 43. The molecule has 0 spiro atoms. The number of amides is 1. The molecule has 0 fully saturated rings. The Kier molecular flexibility index (Phi) is 60.5. The fourth-order valence-electron chi connectivity index (χ4n) is 9.84. The minimum absolute atomic E-state index is 0.00172. The zero-order valence-electron chi connectivity index (χ0n) is 48.9. The molecule has 0 aromatic carbocycles. The first kappa shape index (κ1) is 70.8. The van der Waals surface area contributed by atoms with E-state index in [0.717, 1.165) is 51.4 Å². The molecule has 0 aliphatic rings. The predicted octanol–water partition coefficient (Wildman–Crippen LogP) is 20.5. The fourth-order valence-corrected chi connectivity index (χ4v) is 9.84. The van der Waals surface area contributed by atoms with E-state index in [1.807, 2.05) is 6.08 Å². The van der Waals surface area contributed by atoms with E-state index in [9.17, 15) is 19.8 Å². The largest absolute Gasteiger partial charge is 0.466 e. The zero-order valence-corrected chi connectivity index (χ0v) is 48.9. The summed E-state index contributed by atoms with van der Waals surface area (Å²) in [5.74, 6) is -0.0666. The van der Waals surface area contributed by atoms with Crippen molar-refractivity contribution in [2.45, 2.75) is 353 Å². The van der Waals surface area contributed by atoms with Crippen LogP contribution >= 0.6 is 0 Å². The van der Waals surface area contributed by atoms with Gasteiger partial charge in [0.2, 0.25) is 5.91 Å². The normalized spacial score (nSPS) is 12.9. The first-order valence-electron chi connectivity index (χ1n) is 32.4. The van der Waals surface area contributed by atoms with Gasteiger partial charge in [-0.2, -0.15) is 0 Å². The average molecular weight is 1020 g/mol. The summed E-state index contributed by atoms with van der Waals surface area (Å²) < 4.78 is 5.48. The van der Waals surface area contributed by atoms with Crippen molar-refractivity contribution in [2.75, 3.05) is 13.2 Å². The number of aliphatic hydroxyl groups excluding tert-OH is 2. The van der Waals surface area contributed by atoms with Gasteiger partial charge in [0.1, 0.15) is 0 Å². The van der Waals surface area contributed by atoms with E-state index in [2.05, 4.69) is 55.6 Å². The van der Waals surface area contributed by atoms with Crippen molar-refractivity contribution in [3.63, 3.8) is 0 Å². The van der Waals surface area contributed by atoms with Crippen LogP contribution in [0.15, 0.2) is 48.6 Å². The SMILES string of the molecule is CCCCCC/C=C\C/C=C\CCCCCCCC(=O)OCCCCCCCCCCCCCC/C=C\CCCCCCCCCCCCCCC(=O)NC(CO)C(O)/C=C/CCCCCCCCCCCC. The van der Waals surface area contributed by atoms with Crippen LogP contribution in [0.3, 0.4) is 0 Å². The topological polar surface area (TPSA) is 95.9 Å². The molecule has 0 bridgehead atoms. The zero-order chi connectivity index (χ0) is 52.9. The number of allylic oxidation sites excluding steroid dienone is 7. The third kappa shape index (κ3) is 58.9. The van der Waals surface area contributed by atoms with Crippen molar-refractivity contribution in [1.82, 2.24) is 5.32 Å². The van der Waals surface area contributed by atoms with E-state index < -0.39 is 12.1 Å². The van der Waals surface area contributed by atoms with Crippen LogP contribution in [-0.4, -0.2) is 47.4 Å². The Bertz CT molecular complexity index is 1230. The molecule has 3 N–H and O–H groups in total. The van der Waals surface area contributed by atoms with Crippen LogP contribution < -0.4 is 5.32 Å². The lowest BCUT2D eigenvalue weighted by Crippen LogP contribution is -2.45. The molecule has 6 heteroatoms. The lowest BCUT2D eigenvalue weighted by atomic mass is 10.0. The summed E-state index contributed by atoms with van der Waals surface area (Å²) in [5.41, 5.74) is 0. The van der Waals surface area contributed by atoms with Crippen molar-refractivity contribution in [1.29, 1.82) is 0 Å². The van der Waals surface area contributed by atoms with E-state index in [1.165, 1.54) is 263 Å². The minimum atomic E-state index is -0.844. The van der Waals surface area contributed by atoms with E-state index in [0.29, 0.717) is 19.4 Å². The molecular weight excluding hydrogens is 899 g/mol. The van der Waals surface area contributed by atoms with Gasteiger partial charge in [-0.05, 0) is 89.9 Å². The van der Waals surface area contributed by atoms with Gasteiger partial charge < -0.3 is 20.3 Å². The van der Waals surface area contributed by atoms with Crippen molar-refractivity contribution >= 4 is 11.9 Å². The number of rotatable bonds is 60. The summed E-state index contributed by atoms with van der Waals surface area (Å²) in [4.78, 5) is 24.5. The molecule has 0 saturated carbocycles. The molecule has 2 atom stereocenters. The number of hydrogen-bond donors (Lipinski definition) is 3. The van der Waals surface area contributed by atoms with Gasteiger partial charge in [0.15, 0.2) is 0 Å². The fraction of sp³-hybridized carbons (Fsp3) is 0.851. The van der Waals surface area contributed by atoms with Gasteiger partial charge in [-0.25, -0.2) is 0 Å². The molecule has 0 rings (SSSR count). The van der Waals surface area contributed by atoms with Gasteiger partial charge in [-0.1, -0.05) is 287 Å². The Morgan fingerprint density at radius 2 is 0.685 bits per heavy atom. The first-order valence-corrected chi connectivity index (χ1v) is 32.4. The number of hydrogen-bond acceptors (Lipinski definition) is 5. The van der Waals surface area contributed by atoms with E-state index >= 15 is 0 Å². The van der Waals surface area contributed by atoms with Crippen LogP contribution in [0.2, 0.25) is 0 Å². The standard InChI is InChI=1S/C67H125NO5/c1-3-5-7-9-11-13-15-17-18-34-37-41-45-49-53-57-61-67(72)73-62-58-54-50-46-42-38-35-32-30-28-26-24-22-20-19-21-23-25-27-29-31-33-36-40-44-48-52-56-60-66(71)68-64(63-69)65(70)59-55-51-47-43-39-16-14-12-10-8-6-4-2/h13,15,18-20,34,55,59,64-65,69-70H,3-12,14,16-17,21-33,35-54,56-58,60-63H2,1-2H3,(H,68,71)/b15-13-,20-19-,34-18-,59-55+. The number of aliphatic hydroxyl groups is 2. The van der Waals surface area contributed by atoms with Gasteiger partial charge in [0, 0.05) is 12.8 Å². The monoisotopic (exact) mass is 1020 g/mol. The van der Waals surface area contributed by atoms with Gasteiger partial charge in [-0.15, -0.1) is 0 Å². The molecule has 0 aliphatic carbocycles. The Balaban J connectivity index is 3.39. The van der Waals surface area contributed by atoms with Crippen LogP contribution in [0.1, 0.15) is 341 Å². The number of ether oxygens (including phenoxy) is 1. The highest BCUT2D eigenvalue weighted by molar-refractivity contribution is 5.76. The highest BCUT2D eigenvalue weighted by Crippen LogP contribution is 2.17. The molecule has 6 nitrogen and oxygen atoms in total. The molecule has 0 radical (unpaired) electrons. The number of esters is 1. The Morgan fingerprint density at radius 1 is 0.384 bits per heavy atom. The van der Waals surface area contributed by atoms with Crippen LogP contribution in [0.5, 0.6) is 0 Å². The van der Waals surface area contributed by atoms with Crippen molar-refractivity contribution < 1.29 is 24.5 Å². The summed E-state index contributed by atoms with van der Waals surface area (Å²) in [6.07, 6.45) is 80.3. The molecule has 0 aliphatic heterocycles. The third-order valence-electron chi connectivity index (χ3n) is 14.8.